The molecule has 1 aromatic carbocycles. The summed E-state index contributed by atoms with van der Waals surface area (Å²) in [7, 11) is 0. The minimum Gasteiger partial charge on any atom is -0.343 e. The molecule has 5 nitrogen and oxygen atoms in total. The second kappa shape index (κ2) is 7.34. The lowest BCUT2D eigenvalue weighted by molar-refractivity contribution is -0.136. The van der Waals surface area contributed by atoms with Crippen molar-refractivity contribution in [2.45, 2.75) is 6.42 Å². The van der Waals surface area contributed by atoms with Crippen molar-refractivity contribution in [3.8, 4) is 6.07 Å². The maximum atomic E-state index is 11.5. The summed E-state index contributed by atoms with van der Waals surface area (Å²) in [6.07, 6.45) is 0.308. The van der Waals surface area contributed by atoms with Gasteiger partial charge < -0.3 is 10.6 Å². The number of anilines is 1. The van der Waals surface area contributed by atoms with Crippen LogP contribution in [0.4, 0.5) is 5.69 Å². The summed E-state index contributed by atoms with van der Waals surface area (Å²) in [5.41, 5.74) is 1.35. The number of benzene rings is 1. The summed E-state index contributed by atoms with van der Waals surface area (Å²) in [6.45, 7) is 3.73. The first-order chi connectivity index (χ1) is 9.02. The number of carbonyl (C=O) groups is 2. The Labute approximate surface area is 119 Å². The zero-order chi connectivity index (χ0) is 14.3. The number of nitriles is 1. The fourth-order valence-electron chi connectivity index (χ4n) is 1.24. The molecule has 0 bridgehead atoms. The molecule has 0 unspecified atom stereocenters. The molecule has 0 saturated carbocycles. The molecule has 0 aliphatic carbocycles. The van der Waals surface area contributed by atoms with E-state index in [9.17, 15) is 9.59 Å². The molecule has 0 aliphatic heterocycles. The number of halogens is 1. The SMILES string of the molecule is C=C(Br)CNC(=O)C(=O)Nc1ccc(CC#N)cc1. The quantitative estimate of drug-likeness (QED) is 0.828. The van der Waals surface area contributed by atoms with E-state index in [1.807, 2.05) is 6.07 Å². The Morgan fingerprint density at radius 3 is 2.42 bits per heavy atom. The van der Waals surface area contributed by atoms with Crippen LogP contribution in [0.1, 0.15) is 5.56 Å². The van der Waals surface area contributed by atoms with Gasteiger partial charge in [0.2, 0.25) is 0 Å². The minimum atomic E-state index is -0.748. The molecule has 0 spiro atoms. The molecule has 2 amide bonds. The van der Waals surface area contributed by atoms with E-state index < -0.39 is 11.8 Å². The van der Waals surface area contributed by atoms with Gasteiger partial charge in [0.25, 0.3) is 0 Å². The Morgan fingerprint density at radius 1 is 1.26 bits per heavy atom. The van der Waals surface area contributed by atoms with E-state index in [1.54, 1.807) is 24.3 Å². The predicted molar refractivity (Wildman–Crippen MR) is 75.5 cm³/mol. The van der Waals surface area contributed by atoms with Crippen molar-refractivity contribution in [3.63, 3.8) is 0 Å². The van der Waals surface area contributed by atoms with Crippen molar-refractivity contribution in [1.82, 2.24) is 5.32 Å². The van der Waals surface area contributed by atoms with Gasteiger partial charge in [-0.05, 0) is 17.7 Å². The minimum absolute atomic E-state index is 0.188. The lowest BCUT2D eigenvalue weighted by atomic mass is 10.1. The van der Waals surface area contributed by atoms with Crippen LogP contribution in [0.2, 0.25) is 0 Å². The highest BCUT2D eigenvalue weighted by Gasteiger charge is 2.12. The number of hydrogen-bond donors (Lipinski definition) is 2. The van der Waals surface area contributed by atoms with Crippen LogP contribution in [0.25, 0.3) is 0 Å². The maximum Gasteiger partial charge on any atom is 0.313 e. The van der Waals surface area contributed by atoms with Crippen molar-refractivity contribution in [1.29, 1.82) is 5.26 Å². The number of amides is 2. The molecule has 6 heteroatoms. The highest BCUT2D eigenvalue weighted by Crippen LogP contribution is 2.09. The van der Waals surface area contributed by atoms with E-state index in [-0.39, 0.29) is 6.54 Å². The lowest BCUT2D eigenvalue weighted by Crippen LogP contribution is -2.35. The van der Waals surface area contributed by atoms with Crippen molar-refractivity contribution in [2.75, 3.05) is 11.9 Å². The molecule has 0 radical (unpaired) electrons. The monoisotopic (exact) mass is 321 g/mol. The number of nitrogens with zero attached hydrogens (tertiary/aromatic N) is 1. The van der Waals surface area contributed by atoms with Crippen molar-refractivity contribution in [2.24, 2.45) is 0 Å². The molecule has 0 aliphatic rings. The van der Waals surface area contributed by atoms with E-state index >= 15 is 0 Å². The Balaban J connectivity index is 2.54. The summed E-state index contributed by atoms with van der Waals surface area (Å²) in [6, 6.07) is 8.74. The van der Waals surface area contributed by atoms with Gasteiger partial charge in [0.15, 0.2) is 0 Å². The fraction of sp³-hybridized carbons (Fsp3) is 0.154. The Bertz CT molecular complexity index is 532. The second-order valence-corrected chi connectivity index (χ2v) is 4.81. The maximum absolute atomic E-state index is 11.5. The average molecular weight is 322 g/mol. The van der Waals surface area contributed by atoms with Gasteiger partial charge in [-0.1, -0.05) is 34.6 Å². The molecule has 2 N–H and O–H groups in total. The summed E-state index contributed by atoms with van der Waals surface area (Å²) < 4.78 is 0.578. The molecular formula is C13H12BrN3O2. The van der Waals surface area contributed by atoms with Gasteiger partial charge in [-0.3, -0.25) is 9.59 Å². The number of nitrogens with one attached hydrogen (secondary N) is 2. The van der Waals surface area contributed by atoms with Gasteiger partial charge >= 0.3 is 11.8 Å². The Hall–Kier alpha value is -2.13. The second-order valence-electron chi connectivity index (χ2n) is 3.69. The van der Waals surface area contributed by atoms with Gasteiger partial charge in [-0.2, -0.15) is 5.26 Å². The van der Waals surface area contributed by atoms with Gasteiger partial charge in [-0.15, -0.1) is 0 Å². The van der Waals surface area contributed by atoms with Crippen LogP contribution in [0, 0.1) is 11.3 Å². The van der Waals surface area contributed by atoms with E-state index in [4.69, 9.17) is 5.26 Å². The van der Waals surface area contributed by atoms with Crippen LogP contribution in [-0.2, 0) is 16.0 Å². The number of hydrogen-bond acceptors (Lipinski definition) is 3. The van der Waals surface area contributed by atoms with Crippen molar-refractivity contribution < 1.29 is 9.59 Å². The topological polar surface area (TPSA) is 82.0 Å². The molecule has 0 aromatic heterocycles. The molecule has 1 rings (SSSR count). The normalized spacial score (nSPS) is 9.26. The van der Waals surface area contributed by atoms with Crippen LogP contribution < -0.4 is 10.6 Å². The van der Waals surface area contributed by atoms with Gasteiger partial charge in [0, 0.05) is 16.7 Å². The smallest absolute Gasteiger partial charge is 0.313 e. The standard InChI is InChI=1S/C13H12BrN3O2/c1-9(14)8-16-12(18)13(19)17-11-4-2-10(3-5-11)6-7-15/h2-5H,1,6,8H2,(H,16,18)(H,17,19). The van der Waals surface area contributed by atoms with Gasteiger partial charge in [0.1, 0.15) is 0 Å². The molecule has 0 saturated heterocycles. The zero-order valence-electron chi connectivity index (χ0n) is 10.1. The van der Waals surface area contributed by atoms with E-state index in [0.29, 0.717) is 16.6 Å². The van der Waals surface area contributed by atoms with Crippen LogP contribution in [0.5, 0.6) is 0 Å². The van der Waals surface area contributed by atoms with Crippen LogP contribution in [0.15, 0.2) is 35.3 Å². The van der Waals surface area contributed by atoms with E-state index in [2.05, 4.69) is 33.1 Å². The summed E-state index contributed by atoms with van der Waals surface area (Å²) >= 11 is 3.07. The summed E-state index contributed by atoms with van der Waals surface area (Å²) in [5.74, 6) is -1.48. The van der Waals surface area contributed by atoms with Crippen LogP contribution >= 0.6 is 15.9 Å². The molecular weight excluding hydrogens is 310 g/mol. The third kappa shape index (κ3) is 5.36. The summed E-state index contributed by atoms with van der Waals surface area (Å²) in [4.78, 5) is 22.9. The first kappa shape index (κ1) is 14.9. The fourth-order valence-corrected chi connectivity index (χ4v) is 1.38. The molecule has 98 valence electrons. The van der Waals surface area contributed by atoms with Crippen molar-refractivity contribution in [3.05, 3.63) is 40.9 Å². The lowest BCUT2D eigenvalue weighted by Gasteiger charge is -2.06. The highest BCUT2D eigenvalue weighted by atomic mass is 79.9. The first-order valence-electron chi connectivity index (χ1n) is 5.41. The zero-order valence-corrected chi connectivity index (χ0v) is 11.7. The molecule has 0 heterocycles. The number of rotatable bonds is 4. The molecule has 19 heavy (non-hydrogen) atoms. The van der Waals surface area contributed by atoms with Crippen LogP contribution in [0.3, 0.4) is 0 Å². The summed E-state index contributed by atoms with van der Waals surface area (Å²) in [5, 5.41) is 13.4. The van der Waals surface area contributed by atoms with E-state index in [0.717, 1.165) is 5.56 Å². The van der Waals surface area contributed by atoms with Crippen molar-refractivity contribution >= 4 is 33.4 Å². The van der Waals surface area contributed by atoms with Crippen LogP contribution in [-0.4, -0.2) is 18.4 Å². The highest BCUT2D eigenvalue weighted by molar-refractivity contribution is 9.11. The first-order valence-corrected chi connectivity index (χ1v) is 6.20. The number of carbonyl (C=O) groups excluding carboxylic acids is 2. The Morgan fingerprint density at radius 2 is 1.89 bits per heavy atom. The third-order valence-corrected chi connectivity index (χ3v) is 2.42. The molecule has 1 aromatic rings. The molecule has 0 atom stereocenters. The van der Waals surface area contributed by atoms with E-state index in [1.165, 1.54) is 0 Å². The predicted octanol–water partition coefficient (Wildman–Crippen LogP) is 1.72. The largest absolute Gasteiger partial charge is 0.343 e. The van der Waals surface area contributed by atoms with Gasteiger partial charge in [-0.25, -0.2) is 0 Å². The van der Waals surface area contributed by atoms with Gasteiger partial charge in [0.05, 0.1) is 12.5 Å². The third-order valence-electron chi connectivity index (χ3n) is 2.14. The Kier molecular flexibility index (Phi) is 5.76. The average Bonchev–Trinajstić information content (AvgIpc) is 2.38. The molecule has 0 fully saturated rings.